The molecule has 0 radical (unpaired) electrons. The lowest BCUT2D eigenvalue weighted by atomic mass is 10.1. The lowest BCUT2D eigenvalue weighted by Gasteiger charge is -2.21. The van der Waals surface area contributed by atoms with Gasteiger partial charge >= 0.3 is 0 Å². The highest BCUT2D eigenvalue weighted by Gasteiger charge is 2.32. The van der Waals surface area contributed by atoms with Crippen LogP contribution < -0.4 is 10.6 Å². The van der Waals surface area contributed by atoms with Crippen LogP contribution in [-0.2, 0) is 11.3 Å². The van der Waals surface area contributed by atoms with E-state index in [9.17, 15) is 4.79 Å². The molecule has 1 aromatic heterocycles. The van der Waals surface area contributed by atoms with Gasteiger partial charge in [-0.15, -0.1) is 0 Å². The van der Waals surface area contributed by atoms with Gasteiger partial charge in [0, 0.05) is 37.2 Å². The van der Waals surface area contributed by atoms with Crippen molar-refractivity contribution in [3.05, 3.63) is 36.2 Å². The van der Waals surface area contributed by atoms with E-state index in [0.717, 1.165) is 61.8 Å². The second-order valence-corrected chi connectivity index (χ2v) is 8.13. The zero-order chi connectivity index (χ0) is 20.8. The largest absolute Gasteiger partial charge is 0.357 e. The number of benzene rings is 1. The van der Waals surface area contributed by atoms with E-state index in [1.807, 2.05) is 17.0 Å². The lowest BCUT2D eigenvalue weighted by molar-refractivity contribution is -0.134. The van der Waals surface area contributed by atoms with Gasteiger partial charge in [0.25, 0.3) is 0 Å². The van der Waals surface area contributed by atoms with Crippen LogP contribution in [0.25, 0.3) is 11.4 Å². The summed E-state index contributed by atoms with van der Waals surface area (Å²) in [6, 6.07) is 8.39. The van der Waals surface area contributed by atoms with Crippen LogP contribution in [0.1, 0.15) is 44.6 Å². The van der Waals surface area contributed by atoms with E-state index in [-0.39, 0.29) is 12.0 Å². The molecule has 1 saturated carbocycles. The zero-order valence-electron chi connectivity index (χ0n) is 17.6. The molecule has 3 N–H and O–H groups in total. The number of nitrogens with zero attached hydrogens (tertiary/aromatic N) is 4. The van der Waals surface area contributed by atoms with Gasteiger partial charge in [-0.1, -0.05) is 31.0 Å². The standard InChI is InChI=1S/C22H31N7O/c1-2-23-22(24-13-16-6-5-9-18(12-16)20-25-15-26-28-20)27-19-10-11-29(14-19)21(30)17-7-3-4-8-17/h5-6,9,12,15,17,19H,2-4,7-8,10-11,13-14H2,1H3,(H2,23,24,27)(H,25,26,28). The van der Waals surface area contributed by atoms with Crippen LogP contribution in [-0.4, -0.2) is 57.6 Å². The molecular formula is C22H31N7O. The number of aromatic amines is 1. The fraction of sp³-hybridized carbons (Fsp3) is 0.545. The van der Waals surface area contributed by atoms with Gasteiger partial charge in [0.1, 0.15) is 6.33 Å². The highest BCUT2D eigenvalue weighted by atomic mass is 16.2. The fourth-order valence-electron chi connectivity index (χ4n) is 4.35. The highest BCUT2D eigenvalue weighted by molar-refractivity contribution is 5.81. The van der Waals surface area contributed by atoms with E-state index in [1.54, 1.807) is 0 Å². The molecule has 1 amide bonds. The Kier molecular flexibility index (Phi) is 6.61. The van der Waals surface area contributed by atoms with Crippen molar-refractivity contribution < 1.29 is 4.79 Å². The fourth-order valence-corrected chi connectivity index (χ4v) is 4.35. The van der Waals surface area contributed by atoms with Crippen molar-refractivity contribution in [1.82, 2.24) is 30.7 Å². The first kappa shape index (κ1) is 20.4. The molecule has 1 aliphatic heterocycles. The Balaban J connectivity index is 1.35. The minimum atomic E-state index is 0.244. The molecule has 1 saturated heterocycles. The maximum absolute atomic E-state index is 12.7. The average molecular weight is 410 g/mol. The number of hydrogen-bond donors (Lipinski definition) is 3. The molecular weight excluding hydrogens is 378 g/mol. The Bertz CT molecular complexity index is 858. The van der Waals surface area contributed by atoms with Crippen LogP contribution >= 0.6 is 0 Å². The number of rotatable bonds is 6. The van der Waals surface area contributed by atoms with E-state index in [2.05, 4.69) is 44.9 Å². The van der Waals surface area contributed by atoms with Crippen molar-refractivity contribution in [1.29, 1.82) is 0 Å². The van der Waals surface area contributed by atoms with Gasteiger partial charge in [-0.3, -0.25) is 9.89 Å². The lowest BCUT2D eigenvalue weighted by Crippen LogP contribution is -2.45. The number of carbonyl (C=O) groups is 1. The van der Waals surface area contributed by atoms with E-state index in [0.29, 0.717) is 12.5 Å². The molecule has 4 rings (SSSR count). The molecule has 2 heterocycles. The van der Waals surface area contributed by atoms with E-state index >= 15 is 0 Å². The molecule has 2 aliphatic rings. The third-order valence-corrected chi connectivity index (χ3v) is 5.92. The smallest absolute Gasteiger partial charge is 0.225 e. The van der Waals surface area contributed by atoms with Gasteiger partial charge < -0.3 is 15.5 Å². The van der Waals surface area contributed by atoms with Crippen LogP contribution in [0.4, 0.5) is 0 Å². The quantitative estimate of drug-likeness (QED) is 0.502. The van der Waals surface area contributed by atoms with Gasteiger partial charge in [-0.05, 0) is 37.8 Å². The summed E-state index contributed by atoms with van der Waals surface area (Å²) in [5.74, 6) is 2.15. The van der Waals surface area contributed by atoms with Gasteiger partial charge in [-0.25, -0.2) is 9.98 Å². The topological polar surface area (TPSA) is 98.3 Å². The average Bonchev–Trinajstić information content (AvgIpc) is 3.55. The second-order valence-electron chi connectivity index (χ2n) is 8.13. The first-order valence-corrected chi connectivity index (χ1v) is 11.0. The molecule has 30 heavy (non-hydrogen) atoms. The summed E-state index contributed by atoms with van der Waals surface area (Å²) in [7, 11) is 0. The number of amides is 1. The van der Waals surface area contributed by atoms with Crippen molar-refractivity contribution in [2.24, 2.45) is 10.9 Å². The predicted molar refractivity (Wildman–Crippen MR) is 117 cm³/mol. The predicted octanol–water partition coefficient (Wildman–Crippen LogP) is 2.32. The van der Waals surface area contributed by atoms with Crippen molar-refractivity contribution in [2.75, 3.05) is 19.6 Å². The normalized spacial score (nSPS) is 20.0. The molecule has 2 aromatic rings. The second kappa shape index (κ2) is 9.73. The van der Waals surface area contributed by atoms with Crippen LogP contribution in [0.2, 0.25) is 0 Å². The number of hydrogen-bond acceptors (Lipinski definition) is 4. The first-order valence-electron chi connectivity index (χ1n) is 11.0. The molecule has 1 unspecified atom stereocenters. The number of likely N-dealkylation sites (tertiary alicyclic amines) is 1. The summed E-state index contributed by atoms with van der Waals surface area (Å²) in [6.07, 6.45) is 6.98. The maximum Gasteiger partial charge on any atom is 0.225 e. The minimum Gasteiger partial charge on any atom is -0.357 e. The number of nitrogens with one attached hydrogen (secondary N) is 3. The third kappa shape index (κ3) is 4.98. The molecule has 1 aromatic carbocycles. The minimum absolute atomic E-state index is 0.244. The molecule has 2 fully saturated rings. The van der Waals surface area contributed by atoms with Crippen molar-refractivity contribution >= 4 is 11.9 Å². The molecule has 8 heteroatoms. The number of H-pyrrole nitrogens is 1. The Hall–Kier alpha value is -2.90. The number of carbonyl (C=O) groups excluding carboxylic acids is 1. The zero-order valence-corrected chi connectivity index (χ0v) is 17.6. The third-order valence-electron chi connectivity index (χ3n) is 5.92. The Morgan fingerprint density at radius 2 is 2.17 bits per heavy atom. The van der Waals surface area contributed by atoms with Crippen molar-refractivity contribution in [3.63, 3.8) is 0 Å². The van der Waals surface area contributed by atoms with Crippen molar-refractivity contribution in [2.45, 2.75) is 51.6 Å². The molecule has 1 atom stereocenters. The van der Waals surface area contributed by atoms with Crippen LogP contribution in [0.3, 0.4) is 0 Å². The summed E-state index contributed by atoms with van der Waals surface area (Å²) < 4.78 is 0. The number of guanidine groups is 1. The number of aromatic nitrogens is 3. The Labute approximate surface area is 177 Å². The summed E-state index contributed by atoms with van der Waals surface area (Å²) in [5.41, 5.74) is 2.10. The van der Waals surface area contributed by atoms with Gasteiger partial charge in [0.2, 0.25) is 5.91 Å². The van der Waals surface area contributed by atoms with Crippen LogP contribution in [0, 0.1) is 5.92 Å². The highest BCUT2D eigenvalue weighted by Crippen LogP contribution is 2.27. The molecule has 0 bridgehead atoms. The Morgan fingerprint density at radius 3 is 2.93 bits per heavy atom. The Morgan fingerprint density at radius 1 is 1.30 bits per heavy atom. The summed E-state index contributed by atoms with van der Waals surface area (Å²) in [6.45, 7) is 5.02. The van der Waals surface area contributed by atoms with Gasteiger partial charge in [0.15, 0.2) is 11.8 Å². The molecule has 8 nitrogen and oxygen atoms in total. The van der Waals surface area contributed by atoms with E-state index in [1.165, 1.54) is 19.2 Å². The first-order chi connectivity index (χ1) is 14.7. The number of aliphatic imine (C=N–C) groups is 1. The SMILES string of the molecule is CCNC(=NCc1cccc(-c2ncn[nH]2)c1)NC1CCN(C(=O)C2CCCC2)C1. The van der Waals surface area contributed by atoms with Crippen LogP contribution in [0.5, 0.6) is 0 Å². The summed E-state index contributed by atoms with van der Waals surface area (Å²) in [5, 5.41) is 13.7. The van der Waals surface area contributed by atoms with E-state index in [4.69, 9.17) is 4.99 Å². The monoisotopic (exact) mass is 409 g/mol. The van der Waals surface area contributed by atoms with E-state index < -0.39 is 0 Å². The molecule has 1 aliphatic carbocycles. The summed E-state index contributed by atoms with van der Waals surface area (Å²) >= 11 is 0. The molecule has 0 spiro atoms. The van der Waals surface area contributed by atoms with Crippen molar-refractivity contribution in [3.8, 4) is 11.4 Å². The molecule has 160 valence electrons. The maximum atomic E-state index is 12.7. The van der Waals surface area contributed by atoms with Crippen LogP contribution in [0.15, 0.2) is 35.6 Å². The van der Waals surface area contributed by atoms with Gasteiger partial charge in [-0.2, -0.15) is 5.10 Å². The summed E-state index contributed by atoms with van der Waals surface area (Å²) in [4.78, 5) is 23.7. The van der Waals surface area contributed by atoms with Gasteiger partial charge in [0.05, 0.1) is 6.54 Å².